The van der Waals surface area contributed by atoms with Crippen LogP contribution in [0, 0.1) is 0 Å². The quantitative estimate of drug-likeness (QED) is 0.266. The lowest BCUT2D eigenvalue weighted by Gasteiger charge is -2.13. The number of fused-ring (bicyclic) bond motifs is 1. The van der Waals surface area contributed by atoms with Crippen molar-refractivity contribution >= 4 is 23.3 Å². The summed E-state index contributed by atoms with van der Waals surface area (Å²) in [6.45, 7) is 1.33. The van der Waals surface area contributed by atoms with Crippen molar-refractivity contribution in [1.82, 2.24) is 0 Å². The lowest BCUT2D eigenvalue weighted by molar-refractivity contribution is -0.119. The molecule has 9 heteroatoms. The molecule has 0 saturated heterocycles. The second-order valence-corrected chi connectivity index (χ2v) is 7.44. The molecule has 0 aromatic heterocycles. The van der Waals surface area contributed by atoms with Gasteiger partial charge in [-0.3, -0.25) is 9.59 Å². The van der Waals surface area contributed by atoms with Crippen LogP contribution >= 0.6 is 0 Å². The summed E-state index contributed by atoms with van der Waals surface area (Å²) < 4.78 is 27.0. The van der Waals surface area contributed by atoms with E-state index in [9.17, 15) is 14.4 Å². The Hall–Kier alpha value is -4.53. The van der Waals surface area contributed by atoms with Crippen molar-refractivity contribution in [2.24, 2.45) is 0 Å². The first-order valence-electron chi connectivity index (χ1n) is 10.8. The lowest BCUT2D eigenvalue weighted by Crippen LogP contribution is -2.22. The second-order valence-electron chi connectivity index (χ2n) is 7.44. The van der Waals surface area contributed by atoms with E-state index in [2.05, 4.69) is 5.32 Å². The van der Waals surface area contributed by atoms with Gasteiger partial charge >= 0.3 is 5.97 Å². The molecule has 0 saturated carbocycles. The van der Waals surface area contributed by atoms with Crippen molar-refractivity contribution in [3.63, 3.8) is 0 Å². The summed E-state index contributed by atoms with van der Waals surface area (Å²) in [5, 5.41) is 2.58. The molecule has 0 fully saturated rings. The summed E-state index contributed by atoms with van der Waals surface area (Å²) in [6, 6.07) is 18.8. The lowest BCUT2D eigenvalue weighted by atomic mass is 10.1. The van der Waals surface area contributed by atoms with Crippen LogP contribution in [0.1, 0.15) is 27.6 Å². The van der Waals surface area contributed by atoms with Crippen LogP contribution in [0.15, 0.2) is 66.7 Å². The Kier molecular flexibility index (Phi) is 7.47. The standard InChI is InChI=1S/C26H23NO8/c1-17(28)20-13-23-24(35-16-34-23)14-21(20)27-25(29)15-33-26(30)19-9-5-6-10-22(19)32-12-11-31-18-7-3-2-4-8-18/h2-10,13-14H,11-12,15-16H2,1H3,(H,27,29). The third-order valence-electron chi connectivity index (χ3n) is 4.96. The highest BCUT2D eigenvalue weighted by molar-refractivity contribution is 6.05. The summed E-state index contributed by atoms with van der Waals surface area (Å²) in [6.07, 6.45) is 0. The average Bonchev–Trinajstić information content (AvgIpc) is 3.33. The Morgan fingerprint density at radius 3 is 2.31 bits per heavy atom. The summed E-state index contributed by atoms with van der Waals surface area (Å²) in [7, 11) is 0. The highest BCUT2D eigenvalue weighted by atomic mass is 16.7. The van der Waals surface area contributed by atoms with Gasteiger partial charge in [0, 0.05) is 11.6 Å². The number of carbonyl (C=O) groups is 3. The number of anilines is 1. The second kappa shape index (κ2) is 11.1. The number of para-hydroxylation sites is 2. The molecule has 0 atom stereocenters. The predicted molar refractivity (Wildman–Crippen MR) is 125 cm³/mol. The fourth-order valence-electron chi connectivity index (χ4n) is 3.32. The molecule has 180 valence electrons. The van der Waals surface area contributed by atoms with E-state index >= 15 is 0 Å². The molecule has 9 nitrogen and oxygen atoms in total. The number of amides is 1. The fourth-order valence-corrected chi connectivity index (χ4v) is 3.32. The monoisotopic (exact) mass is 477 g/mol. The highest BCUT2D eigenvalue weighted by Crippen LogP contribution is 2.37. The van der Waals surface area contributed by atoms with Crippen LogP contribution in [0.5, 0.6) is 23.0 Å². The molecule has 0 radical (unpaired) electrons. The maximum absolute atomic E-state index is 12.6. The number of benzene rings is 3. The van der Waals surface area contributed by atoms with Crippen LogP contribution < -0.4 is 24.3 Å². The summed E-state index contributed by atoms with van der Waals surface area (Å²) in [5.74, 6) is 0.244. The van der Waals surface area contributed by atoms with E-state index in [4.69, 9.17) is 23.7 Å². The normalized spacial score (nSPS) is 11.5. The molecule has 1 amide bonds. The van der Waals surface area contributed by atoms with Crippen LogP contribution in [0.3, 0.4) is 0 Å². The fraction of sp³-hybridized carbons (Fsp3) is 0.192. The molecule has 3 aromatic carbocycles. The molecule has 1 aliphatic heterocycles. The number of Topliss-reactive ketones (excluding diaryl/α,β-unsaturated/α-hetero) is 1. The van der Waals surface area contributed by atoms with Gasteiger partial charge < -0.3 is 29.0 Å². The minimum absolute atomic E-state index is 0.0293. The van der Waals surface area contributed by atoms with Crippen molar-refractivity contribution in [3.8, 4) is 23.0 Å². The van der Waals surface area contributed by atoms with Gasteiger partial charge in [-0.1, -0.05) is 30.3 Å². The summed E-state index contributed by atoms with van der Waals surface area (Å²) in [4.78, 5) is 37.0. The molecular weight excluding hydrogens is 454 g/mol. The molecule has 3 aromatic rings. The molecular formula is C26H23NO8. The smallest absolute Gasteiger partial charge is 0.342 e. The van der Waals surface area contributed by atoms with E-state index in [-0.39, 0.29) is 42.6 Å². The van der Waals surface area contributed by atoms with Gasteiger partial charge in [0.15, 0.2) is 23.9 Å². The highest BCUT2D eigenvalue weighted by Gasteiger charge is 2.21. The largest absolute Gasteiger partial charge is 0.490 e. The Morgan fingerprint density at radius 1 is 0.857 bits per heavy atom. The molecule has 4 rings (SSSR count). The van der Waals surface area contributed by atoms with Gasteiger partial charge in [0.05, 0.1) is 5.69 Å². The third kappa shape index (κ3) is 6.08. The van der Waals surface area contributed by atoms with Gasteiger partial charge in [-0.25, -0.2) is 4.79 Å². The predicted octanol–water partition coefficient (Wildman–Crippen LogP) is 3.87. The molecule has 1 N–H and O–H groups in total. The molecule has 0 spiro atoms. The number of rotatable bonds is 10. The van der Waals surface area contributed by atoms with Crippen molar-refractivity contribution < 1.29 is 38.1 Å². The van der Waals surface area contributed by atoms with Gasteiger partial charge in [-0.05, 0) is 37.3 Å². The van der Waals surface area contributed by atoms with Crippen LogP contribution in [0.4, 0.5) is 5.69 Å². The summed E-state index contributed by atoms with van der Waals surface area (Å²) in [5.41, 5.74) is 0.669. The average molecular weight is 477 g/mol. The first-order chi connectivity index (χ1) is 17.0. The molecule has 1 aliphatic rings. The van der Waals surface area contributed by atoms with Crippen LogP contribution in [-0.2, 0) is 9.53 Å². The Balaban J connectivity index is 1.32. The first kappa shape index (κ1) is 23.6. The SMILES string of the molecule is CC(=O)c1cc2c(cc1NC(=O)COC(=O)c1ccccc1OCCOc1ccccc1)OCO2. The molecule has 0 aliphatic carbocycles. The first-order valence-corrected chi connectivity index (χ1v) is 10.8. The Labute approximate surface area is 201 Å². The number of hydrogen-bond acceptors (Lipinski definition) is 8. The van der Waals surface area contributed by atoms with Gasteiger partial charge in [0.2, 0.25) is 6.79 Å². The van der Waals surface area contributed by atoms with E-state index in [1.54, 1.807) is 24.3 Å². The van der Waals surface area contributed by atoms with E-state index in [1.807, 2.05) is 30.3 Å². The number of esters is 1. The molecule has 1 heterocycles. The minimum atomic E-state index is -0.725. The number of nitrogens with one attached hydrogen (secondary N) is 1. The number of hydrogen-bond donors (Lipinski definition) is 1. The zero-order chi connectivity index (χ0) is 24.6. The van der Waals surface area contributed by atoms with Gasteiger partial charge in [0.25, 0.3) is 5.91 Å². The molecule has 35 heavy (non-hydrogen) atoms. The van der Waals surface area contributed by atoms with E-state index in [0.717, 1.165) is 0 Å². The van der Waals surface area contributed by atoms with Crippen LogP contribution in [-0.4, -0.2) is 44.3 Å². The van der Waals surface area contributed by atoms with E-state index in [0.29, 0.717) is 23.0 Å². The third-order valence-corrected chi connectivity index (χ3v) is 4.96. The molecule has 0 unspecified atom stereocenters. The Morgan fingerprint density at radius 2 is 1.54 bits per heavy atom. The zero-order valence-corrected chi connectivity index (χ0v) is 18.9. The van der Waals surface area contributed by atoms with Gasteiger partial charge in [0.1, 0.15) is 30.3 Å². The topological polar surface area (TPSA) is 109 Å². The number of ketones is 1. The minimum Gasteiger partial charge on any atom is -0.490 e. The Bertz CT molecular complexity index is 1230. The maximum atomic E-state index is 12.6. The number of carbonyl (C=O) groups excluding carboxylic acids is 3. The van der Waals surface area contributed by atoms with Crippen molar-refractivity contribution in [2.75, 3.05) is 31.9 Å². The van der Waals surface area contributed by atoms with Crippen molar-refractivity contribution in [3.05, 3.63) is 77.9 Å². The number of ether oxygens (including phenoxy) is 5. The maximum Gasteiger partial charge on any atom is 0.342 e. The van der Waals surface area contributed by atoms with Gasteiger partial charge in [-0.2, -0.15) is 0 Å². The van der Waals surface area contributed by atoms with Crippen LogP contribution in [0.25, 0.3) is 0 Å². The molecule has 0 bridgehead atoms. The van der Waals surface area contributed by atoms with E-state index < -0.39 is 18.5 Å². The van der Waals surface area contributed by atoms with Crippen molar-refractivity contribution in [2.45, 2.75) is 6.92 Å². The van der Waals surface area contributed by atoms with Gasteiger partial charge in [-0.15, -0.1) is 0 Å². The van der Waals surface area contributed by atoms with Crippen LogP contribution in [0.2, 0.25) is 0 Å². The van der Waals surface area contributed by atoms with Crippen molar-refractivity contribution in [1.29, 1.82) is 0 Å². The van der Waals surface area contributed by atoms with E-state index in [1.165, 1.54) is 19.1 Å². The summed E-state index contributed by atoms with van der Waals surface area (Å²) >= 11 is 0. The zero-order valence-electron chi connectivity index (χ0n) is 18.9.